The van der Waals surface area contributed by atoms with Crippen LogP contribution < -0.4 is 5.73 Å². The molecule has 6 heteroatoms. The maximum Gasteiger partial charge on any atom is 0.319 e. The first-order valence-electron chi connectivity index (χ1n) is 4.51. The molecule has 0 aliphatic carbocycles. The van der Waals surface area contributed by atoms with Crippen molar-refractivity contribution in [2.45, 2.75) is 6.61 Å². The Bertz CT molecular complexity index is 356. The lowest BCUT2D eigenvalue weighted by Crippen LogP contribution is -2.13. The normalized spacial score (nSPS) is 9.50. The van der Waals surface area contributed by atoms with Crippen LogP contribution in [0.25, 0.3) is 0 Å². The lowest BCUT2D eigenvalue weighted by Gasteiger charge is -2.04. The molecule has 1 rings (SSSR count). The maximum absolute atomic E-state index is 11.2. The molecule has 16 heavy (non-hydrogen) atoms. The minimum Gasteiger partial charge on any atom is -0.460 e. The van der Waals surface area contributed by atoms with Crippen molar-refractivity contribution in [3.8, 4) is 0 Å². The minimum atomic E-state index is -0.430. The highest BCUT2D eigenvalue weighted by Crippen LogP contribution is 2.05. The fourth-order valence-corrected chi connectivity index (χ4v) is 1.29. The standard InChI is InChI=1S/C10H12N2O3S/c11-10(12)15-16-7-9(13)14-6-8-4-2-1-3-5-8/h1-5H,6-7H2,(H3,11,12). The summed E-state index contributed by atoms with van der Waals surface area (Å²) in [6.07, 6.45) is 0. The molecular weight excluding hydrogens is 228 g/mol. The first kappa shape index (κ1) is 12.4. The van der Waals surface area contributed by atoms with E-state index >= 15 is 0 Å². The number of ether oxygens (including phenoxy) is 1. The second-order valence-electron chi connectivity index (χ2n) is 2.86. The highest BCUT2D eigenvalue weighted by atomic mass is 32.2. The number of nitrogens with two attached hydrogens (primary N) is 1. The molecule has 0 spiro atoms. The molecule has 0 heterocycles. The SMILES string of the molecule is N=C(N)OSCC(=O)OCc1ccccc1. The number of hydrogen-bond acceptors (Lipinski definition) is 5. The number of rotatable bonds is 5. The third-order valence-electron chi connectivity index (χ3n) is 1.57. The first-order chi connectivity index (χ1) is 7.68. The van der Waals surface area contributed by atoms with Gasteiger partial charge in [0.2, 0.25) is 0 Å². The van der Waals surface area contributed by atoms with E-state index in [0.717, 1.165) is 17.6 Å². The molecule has 0 fully saturated rings. The molecule has 0 amide bonds. The number of amidine groups is 1. The van der Waals surface area contributed by atoms with Crippen LogP contribution in [0.15, 0.2) is 30.3 Å². The monoisotopic (exact) mass is 240 g/mol. The fraction of sp³-hybridized carbons (Fsp3) is 0.200. The molecule has 1 aromatic rings. The van der Waals surface area contributed by atoms with Crippen molar-refractivity contribution in [2.75, 3.05) is 5.75 Å². The zero-order chi connectivity index (χ0) is 11.8. The van der Waals surface area contributed by atoms with Gasteiger partial charge in [-0.15, -0.1) is 0 Å². The molecule has 3 N–H and O–H groups in total. The lowest BCUT2D eigenvalue weighted by atomic mass is 10.2. The molecule has 0 aliphatic heterocycles. The third-order valence-corrected chi connectivity index (χ3v) is 2.22. The van der Waals surface area contributed by atoms with E-state index in [9.17, 15) is 4.79 Å². The van der Waals surface area contributed by atoms with E-state index in [2.05, 4.69) is 4.18 Å². The Morgan fingerprint density at radius 1 is 1.38 bits per heavy atom. The van der Waals surface area contributed by atoms with Gasteiger partial charge in [-0.3, -0.25) is 10.2 Å². The molecule has 0 radical (unpaired) electrons. The van der Waals surface area contributed by atoms with Gasteiger partial charge in [0.1, 0.15) is 12.4 Å². The molecule has 0 unspecified atom stereocenters. The molecule has 0 saturated carbocycles. The minimum absolute atomic E-state index is 0.00636. The summed E-state index contributed by atoms with van der Waals surface area (Å²) in [5, 5.41) is 6.76. The Morgan fingerprint density at radius 3 is 2.69 bits per heavy atom. The van der Waals surface area contributed by atoms with Crippen LogP contribution in [-0.4, -0.2) is 17.7 Å². The van der Waals surface area contributed by atoms with Crippen LogP contribution in [0.1, 0.15) is 5.56 Å². The summed E-state index contributed by atoms with van der Waals surface area (Å²) < 4.78 is 9.50. The summed E-state index contributed by atoms with van der Waals surface area (Å²) in [4.78, 5) is 11.2. The summed E-state index contributed by atoms with van der Waals surface area (Å²) in [7, 11) is 0. The van der Waals surface area contributed by atoms with E-state index in [1.54, 1.807) is 0 Å². The molecule has 0 bridgehead atoms. The average molecular weight is 240 g/mol. The number of esters is 1. The summed E-state index contributed by atoms with van der Waals surface area (Å²) in [6, 6.07) is 8.94. The van der Waals surface area contributed by atoms with E-state index in [-0.39, 0.29) is 12.4 Å². The predicted molar refractivity (Wildman–Crippen MR) is 61.7 cm³/mol. The van der Waals surface area contributed by atoms with Crippen LogP contribution >= 0.6 is 12.0 Å². The van der Waals surface area contributed by atoms with Gasteiger partial charge in [0.05, 0.1) is 12.0 Å². The second-order valence-corrected chi connectivity index (χ2v) is 3.55. The van der Waals surface area contributed by atoms with Gasteiger partial charge >= 0.3 is 5.97 Å². The van der Waals surface area contributed by atoms with Crippen LogP contribution in [0.4, 0.5) is 0 Å². The molecule has 1 aromatic carbocycles. The maximum atomic E-state index is 11.2. The Kier molecular flexibility index (Phi) is 5.21. The van der Waals surface area contributed by atoms with Crippen molar-refractivity contribution in [1.29, 1.82) is 5.41 Å². The highest BCUT2D eigenvalue weighted by molar-refractivity contribution is 7.95. The molecule has 86 valence electrons. The van der Waals surface area contributed by atoms with E-state index < -0.39 is 12.0 Å². The Hall–Kier alpha value is -1.69. The van der Waals surface area contributed by atoms with Crippen molar-refractivity contribution in [1.82, 2.24) is 0 Å². The van der Waals surface area contributed by atoms with Crippen molar-refractivity contribution >= 4 is 24.0 Å². The van der Waals surface area contributed by atoms with E-state index in [1.165, 1.54) is 0 Å². The van der Waals surface area contributed by atoms with Gasteiger partial charge in [-0.2, -0.15) is 0 Å². The number of nitrogens with one attached hydrogen (secondary N) is 1. The zero-order valence-electron chi connectivity index (χ0n) is 8.51. The quantitative estimate of drug-likeness (QED) is 0.350. The largest absolute Gasteiger partial charge is 0.460 e. The Balaban J connectivity index is 2.18. The third kappa shape index (κ3) is 5.26. The van der Waals surface area contributed by atoms with Gasteiger partial charge in [-0.1, -0.05) is 30.3 Å². The first-order valence-corrected chi connectivity index (χ1v) is 5.42. The van der Waals surface area contributed by atoms with Crippen LogP contribution in [-0.2, 0) is 20.3 Å². The summed E-state index contributed by atoms with van der Waals surface area (Å²) in [6.45, 7) is 0.236. The smallest absolute Gasteiger partial charge is 0.319 e. The van der Waals surface area contributed by atoms with Crippen LogP contribution in [0.3, 0.4) is 0 Å². The molecule has 0 aromatic heterocycles. The number of carbonyl (C=O) groups is 1. The van der Waals surface area contributed by atoms with Gasteiger partial charge in [-0.05, 0) is 5.56 Å². The van der Waals surface area contributed by atoms with Crippen molar-refractivity contribution < 1.29 is 13.7 Å². The van der Waals surface area contributed by atoms with Crippen LogP contribution in [0, 0.1) is 5.41 Å². The fourth-order valence-electron chi connectivity index (χ4n) is 0.921. The van der Waals surface area contributed by atoms with E-state index in [4.69, 9.17) is 15.9 Å². The number of hydrogen-bond donors (Lipinski definition) is 2. The predicted octanol–water partition coefficient (Wildman–Crippen LogP) is 1.29. The lowest BCUT2D eigenvalue weighted by molar-refractivity contribution is -0.141. The number of carbonyl (C=O) groups excluding carboxylic acids is 1. The van der Waals surface area contributed by atoms with Gasteiger partial charge < -0.3 is 14.7 Å². The molecule has 5 nitrogen and oxygen atoms in total. The number of benzene rings is 1. The molecular formula is C10H12N2O3S. The van der Waals surface area contributed by atoms with Crippen molar-refractivity contribution in [3.63, 3.8) is 0 Å². The van der Waals surface area contributed by atoms with E-state index in [1.807, 2.05) is 30.3 Å². The van der Waals surface area contributed by atoms with Crippen LogP contribution in [0.2, 0.25) is 0 Å². The molecule has 0 atom stereocenters. The zero-order valence-corrected chi connectivity index (χ0v) is 9.33. The van der Waals surface area contributed by atoms with Gasteiger partial charge in [0.15, 0.2) is 0 Å². The summed E-state index contributed by atoms with van der Waals surface area (Å²) >= 11 is 0.781. The Labute approximate surface area is 97.6 Å². The average Bonchev–Trinajstić information content (AvgIpc) is 2.27. The van der Waals surface area contributed by atoms with E-state index in [0.29, 0.717) is 0 Å². The van der Waals surface area contributed by atoms with Gasteiger partial charge in [0, 0.05) is 0 Å². The van der Waals surface area contributed by atoms with Crippen molar-refractivity contribution in [2.24, 2.45) is 5.73 Å². The van der Waals surface area contributed by atoms with Crippen molar-refractivity contribution in [3.05, 3.63) is 35.9 Å². The van der Waals surface area contributed by atoms with Gasteiger partial charge in [-0.25, -0.2) is 0 Å². The van der Waals surface area contributed by atoms with Crippen LogP contribution in [0.5, 0.6) is 0 Å². The Morgan fingerprint density at radius 2 is 2.06 bits per heavy atom. The molecule has 0 saturated heterocycles. The second kappa shape index (κ2) is 6.73. The van der Waals surface area contributed by atoms with Gasteiger partial charge in [0.25, 0.3) is 6.02 Å². The summed E-state index contributed by atoms with van der Waals surface area (Å²) in [5.41, 5.74) is 5.86. The topological polar surface area (TPSA) is 85.4 Å². The summed E-state index contributed by atoms with van der Waals surface area (Å²) in [5.74, 6) is -0.401. The highest BCUT2D eigenvalue weighted by Gasteiger charge is 2.05. The molecule has 0 aliphatic rings.